The third kappa shape index (κ3) is 2.76. The molecule has 2 rings (SSSR count). The summed E-state index contributed by atoms with van der Waals surface area (Å²) < 4.78 is 0. The van der Waals surface area contributed by atoms with Gasteiger partial charge < -0.3 is 15.1 Å². The molecule has 0 aromatic rings. The number of aliphatic hydroxyl groups excluding tert-OH is 1. The summed E-state index contributed by atoms with van der Waals surface area (Å²) in [5, 5.41) is 18.8. The highest BCUT2D eigenvalue weighted by Gasteiger charge is 2.45. The van der Waals surface area contributed by atoms with Crippen LogP contribution in [0.1, 0.15) is 46.0 Å². The lowest BCUT2D eigenvalue weighted by Crippen LogP contribution is -2.48. The molecule has 2 aliphatic rings. The number of hydrogen-bond acceptors (Lipinski definition) is 3. The fraction of sp³-hybridized carbons (Fsp3) is 0.857. The van der Waals surface area contributed by atoms with E-state index in [2.05, 4.69) is 13.8 Å². The highest BCUT2D eigenvalue weighted by molar-refractivity contribution is 5.86. The van der Waals surface area contributed by atoms with E-state index < -0.39 is 18.1 Å². The maximum absolute atomic E-state index is 12.6. The molecule has 1 heterocycles. The first-order valence-corrected chi connectivity index (χ1v) is 7.04. The zero-order valence-corrected chi connectivity index (χ0v) is 11.6. The zero-order chi connectivity index (χ0) is 14.2. The molecule has 0 aromatic carbocycles. The van der Waals surface area contributed by atoms with Gasteiger partial charge in [0.15, 0.2) is 0 Å². The molecular weight excluding hydrogens is 246 g/mol. The molecule has 0 aromatic heterocycles. The molecule has 5 nitrogen and oxygen atoms in total. The van der Waals surface area contributed by atoms with Gasteiger partial charge in [0.05, 0.1) is 6.10 Å². The number of aliphatic hydroxyl groups is 1. The lowest BCUT2D eigenvalue weighted by molar-refractivity contribution is -0.152. The van der Waals surface area contributed by atoms with E-state index in [9.17, 15) is 19.8 Å². The average molecular weight is 269 g/mol. The van der Waals surface area contributed by atoms with Crippen molar-refractivity contribution in [3.05, 3.63) is 0 Å². The summed E-state index contributed by atoms with van der Waals surface area (Å²) in [6.07, 6.45) is 3.41. The number of amides is 1. The Balaban J connectivity index is 2.16. The van der Waals surface area contributed by atoms with E-state index in [1.165, 1.54) is 4.90 Å². The Kier molecular flexibility index (Phi) is 3.85. The third-order valence-corrected chi connectivity index (χ3v) is 4.65. The van der Waals surface area contributed by atoms with Crippen LogP contribution in [0.5, 0.6) is 0 Å². The predicted octanol–water partition coefficient (Wildman–Crippen LogP) is 1.25. The van der Waals surface area contributed by atoms with Gasteiger partial charge in [-0.1, -0.05) is 26.7 Å². The van der Waals surface area contributed by atoms with Crippen LogP contribution in [0.4, 0.5) is 0 Å². The third-order valence-electron chi connectivity index (χ3n) is 4.65. The summed E-state index contributed by atoms with van der Waals surface area (Å²) >= 11 is 0. The quantitative estimate of drug-likeness (QED) is 0.791. The van der Waals surface area contributed by atoms with Crippen molar-refractivity contribution in [1.29, 1.82) is 0 Å². The molecule has 2 unspecified atom stereocenters. The predicted molar refractivity (Wildman–Crippen MR) is 69.5 cm³/mol. The summed E-state index contributed by atoms with van der Waals surface area (Å²) in [6, 6.07) is -0.861. The zero-order valence-electron chi connectivity index (χ0n) is 11.6. The second-order valence-corrected chi connectivity index (χ2v) is 6.52. The smallest absolute Gasteiger partial charge is 0.326 e. The van der Waals surface area contributed by atoms with Gasteiger partial charge >= 0.3 is 5.97 Å². The monoisotopic (exact) mass is 269 g/mol. The maximum atomic E-state index is 12.6. The molecule has 1 aliphatic heterocycles. The molecule has 2 N–H and O–H groups in total. The number of hydrogen-bond donors (Lipinski definition) is 2. The Bertz CT molecular complexity index is 380. The number of β-amino-alcohol motifs (C(OH)–C–C–N with tert-alkyl or cyclic N) is 1. The van der Waals surface area contributed by atoms with Crippen molar-refractivity contribution < 1.29 is 19.8 Å². The van der Waals surface area contributed by atoms with Crippen LogP contribution in [-0.2, 0) is 9.59 Å². The molecule has 3 atom stereocenters. The molecule has 0 spiro atoms. The van der Waals surface area contributed by atoms with Gasteiger partial charge in [0.2, 0.25) is 5.91 Å². The van der Waals surface area contributed by atoms with Crippen molar-refractivity contribution in [3.63, 3.8) is 0 Å². The van der Waals surface area contributed by atoms with Gasteiger partial charge in [0.1, 0.15) is 6.04 Å². The van der Waals surface area contributed by atoms with Crippen LogP contribution in [0.15, 0.2) is 0 Å². The van der Waals surface area contributed by atoms with Crippen molar-refractivity contribution >= 4 is 11.9 Å². The topological polar surface area (TPSA) is 77.8 Å². The number of carbonyl (C=O) groups excluding carboxylic acids is 1. The number of rotatable bonds is 2. The fourth-order valence-corrected chi connectivity index (χ4v) is 3.44. The molecule has 0 bridgehead atoms. The van der Waals surface area contributed by atoms with Gasteiger partial charge in [-0.3, -0.25) is 4.79 Å². The Morgan fingerprint density at radius 2 is 1.95 bits per heavy atom. The lowest BCUT2D eigenvalue weighted by atomic mass is 9.68. The summed E-state index contributed by atoms with van der Waals surface area (Å²) in [7, 11) is 0. The molecule has 2 fully saturated rings. The van der Waals surface area contributed by atoms with Crippen LogP contribution >= 0.6 is 0 Å². The Hall–Kier alpha value is -1.10. The molecule has 1 saturated carbocycles. The summed E-state index contributed by atoms with van der Waals surface area (Å²) in [5.74, 6) is -1.22. The van der Waals surface area contributed by atoms with Crippen LogP contribution in [0.25, 0.3) is 0 Å². The van der Waals surface area contributed by atoms with E-state index >= 15 is 0 Å². The molecule has 19 heavy (non-hydrogen) atoms. The summed E-state index contributed by atoms with van der Waals surface area (Å²) in [5.41, 5.74) is -0.0775. The second kappa shape index (κ2) is 5.12. The van der Waals surface area contributed by atoms with Crippen LogP contribution in [0, 0.1) is 11.3 Å². The minimum atomic E-state index is -1.02. The first kappa shape index (κ1) is 14.3. The largest absolute Gasteiger partial charge is 0.480 e. The summed E-state index contributed by atoms with van der Waals surface area (Å²) in [4.78, 5) is 25.2. The van der Waals surface area contributed by atoms with E-state index in [4.69, 9.17) is 0 Å². The SMILES string of the molecule is CC1(C)CCCCC1C(=O)N1CC(O)C[C@H]1C(=O)O. The molecule has 108 valence electrons. The van der Waals surface area contributed by atoms with Crippen molar-refractivity contribution in [2.45, 2.75) is 58.1 Å². The normalized spacial score (nSPS) is 34.3. The Morgan fingerprint density at radius 1 is 1.26 bits per heavy atom. The molecular formula is C14H23NO4. The number of carboxylic acid groups (broad SMARTS) is 1. The first-order valence-electron chi connectivity index (χ1n) is 7.04. The molecule has 1 saturated heterocycles. The van der Waals surface area contributed by atoms with Gasteiger partial charge in [0, 0.05) is 18.9 Å². The first-order chi connectivity index (χ1) is 8.83. The number of carboxylic acids is 1. The van der Waals surface area contributed by atoms with Gasteiger partial charge in [-0.2, -0.15) is 0 Å². The molecule has 5 heteroatoms. The van der Waals surface area contributed by atoms with Gasteiger partial charge in [-0.15, -0.1) is 0 Å². The van der Waals surface area contributed by atoms with Gasteiger partial charge in [-0.05, 0) is 18.3 Å². The van der Waals surface area contributed by atoms with Crippen molar-refractivity contribution in [1.82, 2.24) is 4.90 Å². The summed E-state index contributed by atoms with van der Waals surface area (Å²) in [6.45, 7) is 4.32. The number of aliphatic carboxylic acids is 1. The van der Waals surface area contributed by atoms with Crippen LogP contribution in [-0.4, -0.2) is 45.7 Å². The second-order valence-electron chi connectivity index (χ2n) is 6.52. The van der Waals surface area contributed by atoms with E-state index in [0.717, 1.165) is 25.7 Å². The highest BCUT2D eigenvalue weighted by atomic mass is 16.4. The van der Waals surface area contributed by atoms with Gasteiger partial charge in [-0.25, -0.2) is 4.79 Å². The van der Waals surface area contributed by atoms with Gasteiger partial charge in [0.25, 0.3) is 0 Å². The van der Waals surface area contributed by atoms with E-state index in [-0.39, 0.29) is 30.2 Å². The number of carbonyl (C=O) groups is 2. The van der Waals surface area contributed by atoms with Crippen LogP contribution in [0.3, 0.4) is 0 Å². The minimum Gasteiger partial charge on any atom is -0.480 e. The van der Waals surface area contributed by atoms with Crippen molar-refractivity contribution in [3.8, 4) is 0 Å². The van der Waals surface area contributed by atoms with Crippen molar-refractivity contribution in [2.75, 3.05) is 6.54 Å². The Morgan fingerprint density at radius 3 is 2.53 bits per heavy atom. The van der Waals surface area contributed by atoms with Crippen LogP contribution in [0.2, 0.25) is 0 Å². The van der Waals surface area contributed by atoms with E-state index in [1.807, 2.05) is 0 Å². The van der Waals surface area contributed by atoms with Crippen molar-refractivity contribution in [2.24, 2.45) is 11.3 Å². The average Bonchev–Trinajstić information content (AvgIpc) is 2.70. The molecule has 1 amide bonds. The maximum Gasteiger partial charge on any atom is 0.326 e. The fourth-order valence-electron chi connectivity index (χ4n) is 3.44. The van der Waals surface area contributed by atoms with E-state index in [1.54, 1.807) is 0 Å². The van der Waals surface area contributed by atoms with E-state index in [0.29, 0.717) is 0 Å². The standard InChI is InChI=1S/C14H23NO4/c1-14(2)6-4-3-5-10(14)12(17)15-8-9(16)7-11(15)13(18)19/h9-11,16H,3-8H2,1-2H3,(H,18,19)/t9?,10?,11-/m0/s1. The molecule has 1 aliphatic carbocycles. The van der Waals surface area contributed by atoms with Crippen LogP contribution < -0.4 is 0 Å². The number of nitrogens with zero attached hydrogens (tertiary/aromatic N) is 1. The highest BCUT2D eigenvalue weighted by Crippen LogP contribution is 2.42. The number of likely N-dealkylation sites (tertiary alicyclic amines) is 1. The Labute approximate surface area is 113 Å². The minimum absolute atomic E-state index is 0.0775. The lowest BCUT2D eigenvalue weighted by Gasteiger charge is -2.40. The molecule has 0 radical (unpaired) electrons.